The van der Waals surface area contributed by atoms with E-state index in [-0.39, 0.29) is 5.91 Å². The van der Waals surface area contributed by atoms with Gasteiger partial charge in [0.2, 0.25) is 5.91 Å². The van der Waals surface area contributed by atoms with Gasteiger partial charge in [-0.1, -0.05) is 13.3 Å². The van der Waals surface area contributed by atoms with Crippen molar-refractivity contribution in [3.8, 4) is 0 Å². The lowest BCUT2D eigenvalue weighted by molar-refractivity contribution is -0.121. The molecule has 0 heterocycles. The topological polar surface area (TPSA) is 29.1 Å². The second-order valence-corrected chi connectivity index (χ2v) is 3.43. The van der Waals surface area contributed by atoms with E-state index >= 15 is 0 Å². The molecule has 3 heteroatoms. The molecule has 1 amide bonds. The van der Waals surface area contributed by atoms with Crippen LogP contribution in [0.15, 0.2) is 0 Å². The number of nitrogens with one attached hydrogen (secondary N) is 1. The monoisotopic (exact) mass is 191 g/mol. The Bertz CT molecular complexity index is 128. The number of carbonyl (C=O) groups is 1. The average molecular weight is 192 g/mol. The molecular formula is C9H18ClNO. The van der Waals surface area contributed by atoms with E-state index in [4.69, 9.17) is 11.6 Å². The van der Waals surface area contributed by atoms with Crippen molar-refractivity contribution in [3.63, 3.8) is 0 Å². The second kappa shape index (κ2) is 7.41. The Kier molecular flexibility index (Phi) is 7.26. The van der Waals surface area contributed by atoms with E-state index in [9.17, 15) is 4.79 Å². The van der Waals surface area contributed by atoms with Crippen molar-refractivity contribution in [3.05, 3.63) is 0 Å². The van der Waals surface area contributed by atoms with Gasteiger partial charge in [0.1, 0.15) is 0 Å². The van der Waals surface area contributed by atoms with E-state index in [2.05, 4.69) is 12.2 Å². The van der Waals surface area contributed by atoms with Crippen molar-refractivity contribution in [2.24, 2.45) is 0 Å². The number of hydrogen-bond acceptors (Lipinski definition) is 1. The molecule has 0 aliphatic rings. The van der Waals surface area contributed by atoms with Crippen LogP contribution >= 0.6 is 11.6 Å². The Morgan fingerprint density at radius 3 is 2.75 bits per heavy atom. The van der Waals surface area contributed by atoms with E-state index in [1.807, 2.05) is 6.92 Å². The molecule has 1 atom stereocenters. The third kappa shape index (κ3) is 6.47. The quantitative estimate of drug-likeness (QED) is 0.642. The van der Waals surface area contributed by atoms with Crippen molar-refractivity contribution >= 4 is 17.5 Å². The smallest absolute Gasteiger partial charge is 0.220 e. The van der Waals surface area contributed by atoms with Crippen LogP contribution in [-0.2, 0) is 4.79 Å². The molecule has 0 radical (unpaired) electrons. The van der Waals surface area contributed by atoms with E-state index < -0.39 is 0 Å². The molecule has 0 aliphatic heterocycles. The maximum absolute atomic E-state index is 11.1. The van der Waals surface area contributed by atoms with Crippen LogP contribution in [0, 0.1) is 0 Å². The van der Waals surface area contributed by atoms with E-state index in [0.717, 1.165) is 19.3 Å². The highest BCUT2D eigenvalue weighted by Gasteiger charge is 2.04. The van der Waals surface area contributed by atoms with Gasteiger partial charge >= 0.3 is 0 Å². The Labute approximate surface area is 79.7 Å². The van der Waals surface area contributed by atoms with Gasteiger partial charge in [0.05, 0.1) is 0 Å². The number of halogens is 1. The molecule has 0 saturated heterocycles. The molecule has 12 heavy (non-hydrogen) atoms. The first-order valence-corrected chi connectivity index (χ1v) is 5.09. The fraction of sp³-hybridized carbons (Fsp3) is 0.889. The van der Waals surface area contributed by atoms with Gasteiger partial charge in [-0.05, 0) is 19.8 Å². The lowest BCUT2D eigenvalue weighted by atomic mass is 10.2. The lowest BCUT2D eigenvalue weighted by Gasteiger charge is -2.11. The summed E-state index contributed by atoms with van der Waals surface area (Å²) in [6.45, 7) is 4.14. The van der Waals surface area contributed by atoms with Gasteiger partial charge in [0.25, 0.3) is 0 Å². The summed E-state index contributed by atoms with van der Waals surface area (Å²) >= 11 is 5.46. The van der Waals surface area contributed by atoms with Crippen molar-refractivity contribution in [2.45, 2.75) is 45.6 Å². The molecule has 0 spiro atoms. The molecule has 1 unspecified atom stereocenters. The van der Waals surface area contributed by atoms with Crippen molar-refractivity contribution in [2.75, 3.05) is 5.88 Å². The van der Waals surface area contributed by atoms with Gasteiger partial charge in [0.15, 0.2) is 0 Å². The maximum atomic E-state index is 11.1. The summed E-state index contributed by atoms with van der Waals surface area (Å²) in [4.78, 5) is 11.1. The summed E-state index contributed by atoms with van der Waals surface area (Å²) < 4.78 is 0. The molecule has 0 bridgehead atoms. The summed E-state index contributed by atoms with van der Waals surface area (Å²) in [6, 6.07) is 0.304. The second-order valence-electron chi connectivity index (χ2n) is 3.05. The van der Waals surface area contributed by atoms with E-state index in [1.54, 1.807) is 0 Å². The number of alkyl halides is 1. The Hall–Kier alpha value is -0.240. The van der Waals surface area contributed by atoms with Crippen molar-refractivity contribution in [1.82, 2.24) is 5.32 Å². The highest BCUT2D eigenvalue weighted by atomic mass is 35.5. The normalized spacial score (nSPS) is 12.6. The van der Waals surface area contributed by atoms with E-state index in [1.165, 1.54) is 0 Å². The summed E-state index contributed by atoms with van der Waals surface area (Å²) in [7, 11) is 0. The number of hydrogen-bond donors (Lipinski definition) is 1. The summed E-state index contributed by atoms with van der Waals surface area (Å²) in [5, 5.41) is 2.92. The fourth-order valence-electron chi connectivity index (χ4n) is 1.08. The van der Waals surface area contributed by atoms with Gasteiger partial charge < -0.3 is 5.32 Å². The van der Waals surface area contributed by atoms with Gasteiger partial charge in [-0.25, -0.2) is 0 Å². The standard InChI is InChI=1S/C9H18ClNO/c1-3-5-8(2)11-9(12)6-4-7-10/h8H,3-7H2,1-2H3,(H,11,12). The molecule has 72 valence electrons. The van der Waals surface area contributed by atoms with Crippen LogP contribution < -0.4 is 5.32 Å². The van der Waals surface area contributed by atoms with Gasteiger partial charge in [-0.15, -0.1) is 11.6 Å². The Balaban J connectivity index is 3.40. The number of carbonyl (C=O) groups excluding carboxylic acids is 1. The van der Waals surface area contributed by atoms with Crippen molar-refractivity contribution < 1.29 is 4.79 Å². The van der Waals surface area contributed by atoms with Crippen molar-refractivity contribution in [1.29, 1.82) is 0 Å². The average Bonchev–Trinajstić information content (AvgIpc) is 2.01. The highest BCUT2D eigenvalue weighted by Crippen LogP contribution is 1.97. The highest BCUT2D eigenvalue weighted by molar-refractivity contribution is 6.17. The van der Waals surface area contributed by atoms with Crippen LogP contribution in [-0.4, -0.2) is 17.8 Å². The SMILES string of the molecule is CCCC(C)NC(=O)CCCCl. The predicted octanol–water partition coefficient (Wildman–Crippen LogP) is 2.31. The maximum Gasteiger partial charge on any atom is 0.220 e. The number of rotatable bonds is 6. The third-order valence-electron chi connectivity index (χ3n) is 1.67. The molecule has 0 saturated carbocycles. The molecule has 2 nitrogen and oxygen atoms in total. The van der Waals surface area contributed by atoms with Crippen LogP contribution in [0.3, 0.4) is 0 Å². The fourth-order valence-corrected chi connectivity index (χ4v) is 1.21. The molecule has 0 aromatic rings. The first kappa shape index (κ1) is 11.8. The minimum absolute atomic E-state index is 0.122. The van der Waals surface area contributed by atoms with Crippen LogP contribution in [0.4, 0.5) is 0 Å². The molecule has 1 N–H and O–H groups in total. The van der Waals surface area contributed by atoms with Crippen LogP contribution in [0.5, 0.6) is 0 Å². The van der Waals surface area contributed by atoms with Crippen LogP contribution in [0.25, 0.3) is 0 Å². The molecule has 0 aromatic carbocycles. The first-order chi connectivity index (χ1) is 5.70. The summed E-state index contributed by atoms with van der Waals surface area (Å²) in [5.74, 6) is 0.687. The molecule has 0 rings (SSSR count). The van der Waals surface area contributed by atoms with Crippen LogP contribution in [0.1, 0.15) is 39.5 Å². The minimum Gasteiger partial charge on any atom is -0.354 e. The first-order valence-electron chi connectivity index (χ1n) is 4.56. The Morgan fingerprint density at radius 2 is 2.25 bits per heavy atom. The molecular weight excluding hydrogens is 174 g/mol. The van der Waals surface area contributed by atoms with E-state index in [0.29, 0.717) is 18.3 Å². The zero-order chi connectivity index (χ0) is 9.40. The van der Waals surface area contributed by atoms with Gasteiger partial charge in [-0.3, -0.25) is 4.79 Å². The largest absolute Gasteiger partial charge is 0.354 e. The van der Waals surface area contributed by atoms with Gasteiger partial charge in [0, 0.05) is 18.3 Å². The summed E-state index contributed by atoms with van der Waals surface area (Å²) in [5.41, 5.74) is 0. The Morgan fingerprint density at radius 1 is 1.58 bits per heavy atom. The zero-order valence-corrected chi connectivity index (χ0v) is 8.66. The lowest BCUT2D eigenvalue weighted by Crippen LogP contribution is -2.32. The zero-order valence-electron chi connectivity index (χ0n) is 7.90. The molecule has 0 aliphatic carbocycles. The summed E-state index contributed by atoms with van der Waals surface area (Å²) in [6.07, 6.45) is 3.48. The van der Waals surface area contributed by atoms with Crippen LogP contribution in [0.2, 0.25) is 0 Å². The number of amides is 1. The molecule has 0 aromatic heterocycles. The van der Waals surface area contributed by atoms with Gasteiger partial charge in [-0.2, -0.15) is 0 Å². The predicted molar refractivity (Wildman–Crippen MR) is 52.5 cm³/mol. The third-order valence-corrected chi connectivity index (χ3v) is 1.93. The molecule has 0 fully saturated rings. The minimum atomic E-state index is 0.122.